The van der Waals surface area contributed by atoms with E-state index in [1.165, 1.54) is 12.3 Å². The van der Waals surface area contributed by atoms with Crippen LogP contribution in [0.15, 0.2) is 29.3 Å². The fourth-order valence-corrected chi connectivity index (χ4v) is 3.36. The van der Waals surface area contributed by atoms with Gasteiger partial charge in [0.2, 0.25) is 0 Å². The Kier molecular flexibility index (Phi) is 4.39. The lowest BCUT2D eigenvalue weighted by atomic mass is 10.1. The van der Waals surface area contributed by atoms with Crippen LogP contribution in [-0.2, 0) is 15.6 Å². The Morgan fingerprint density at radius 3 is 2.65 bits per heavy atom. The number of aromatic nitrogens is 1. The number of hydrogen-bond donors (Lipinski definition) is 0. The van der Waals surface area contributed by atoms with Crippen molar-refractivity contribution >= 4 is 30.6 Å². The van der Waals surface area contributed by atoms with E-state index in [0.717, 1.165) is 12.8 Å². The summed E-state index contributed by atoms with van der Waals surface area (Å²) in [6.45, 7) is 4.90. The minimum absolute atomic E-state index is 0.0760. The zero-order valence-electron chi connectivity index (χ0n) is 11.4. The predicted octanol–water partition coefficient (Wildman–Crippen LogP) is 4.14. The lowest BCUT2D eigenvalue weighted by Crippen LogP contribution is -1.98. The van der Waals surface area contributed by atoms with Gasteiger partial charge in [0.1, 0.15) is 10.7 Å². The lowest BCUT2D eigenvalue weighted by Gasteiger charge is -2.07. The van der Waals surface area contributed by atoms with Crippen LogP contribution in [0.2, 0.25) is 0 Å². The molecule has 0 saturated heterocycles. The molecule has 0 aliphatic heterocycles. The van der Waals surface area contributed by atoms with Crippen LogP contribution in [0.1, 0.15) is 26.7 Å². The number of halogens is 2. The summed E-state index contributed by atoms with van der Waals surface area (Å²) >= 11 is 0. The Hall–Kier alpha value is -1.07. The molecule has 0 spiro atoms. The summed E-state index contributed by atoms with van der Waals surface area (Å²) in [5, 5.41) is 0.0760. The minimum atomic E-state index is -3.96. The molecule has 0 unspecified atom stereocenters. The van der Waals surface area contributed by atoms with Crippen LogP contribution in [0.5, 0.6) is 0 Å². The molecule has 6 heteroatoms. The minimum Gasteiger partial charge on any atom is -0.346 e. The smallest absolute Gasteiger partial charge is 0.263 e. The average molecular weight is 318 g/mol. The molecule has 0 aliphatic carbocycles. The molecule has 0 N–H and O–H groups in total. The summed E-state index contributed by atoms with van der Waals surface area (Å²) in [6.07, 6.45) is 3.36. The zero-order chi connectivity index (χ0) is 14.9. The van der Waals surface area contributed by atoms with Crippen LogP contribution in [0.3, 0.4) is 0 Å². The van der Waals surface area contributed by atoms with Crippen molar-refractivity contribution < 1.29 is 12.8 Å². The molecule has 0 aliphatic rings. The molecule has 2 aromatic rings. The summed E-state index contributed by atoms with van der Waals surface area (Å²) in [5.41, 5.74) is 0.563. The van der Waals surface area contributed by atoms with E-state index in [0.29, 0.717) is 18.0 Å². The van der Waals surface area contributed by atoms with Gasteiger partial charge < -0.3 is 4.57 Å². The second-order valence-electron chi connectivity index (χ2n) is 5.29. The molecular formula is C14H17ClFNO2S. The summed E-state index contributed by atoms with van der Waals surface area (Å²) in [4.78, 5) is -0.156. The quantitative estimate of drug-likeness (QED) is 0.777. The lowest BCUT2D eigenvalue weighted by molar-refractivity contribution is 0.517. The van der Waals surface area contributed by atoms with Gasteiger partial charge in [0.25, 0.3) is 9.05 Å². The van der Waals surface area contributed by atoms with Gasteiger partial charge in [0.15, 0.2) is 0 Å². The maximum absolute atomic E-state index is 13.9. The van der Waals surface area contributed by atoms with Crippen molar-refractivity contribution in [3.63, 3.8) is 0 Å². The monoisotopic (exact) mass is 317 g/mol. The topological polar surface area (TPSA) is 39.1 Å². The highest BCUT2D eigenvalue weighted by atomic mass is 35.7. The van der Waals surface area contributed by atoms with E-state index < -0.39 is 14.9 Å². The summed E-state index contributed by atoms with van der Waals surface area (Å²) < 4.78 is 38.8. The van der Waals surface area contributed by atoms with Crippen LogP contribution in [0, 0.1) is 11.7 Å². The number of fused-ring (bicyclic) bond motifs is 1. The molecule has 0 radical (unpaired) electrons. The first-order valence-corrected chi connectivity index (χ1v) is 8.83. The van der Waals surface area contributed by atoms with Gasteiger partial charge in [0.05, 0.1) is 10.9 Å². The second-order valence-corrected chi connectivity index (χ2v) is 7.83. The van der Waals surface area contributed by atoms with E-state index in [-0.39, 0.29) is 10.3 Å². The summed E-state index contributed by atoms with van der Waals surface area (Å²) in [6, 6.07) is 4.52. The van der Waals surface area contributed by atoms with Gasteiger partial charge in [-0.05, 0) is 30.9 Å². The SMILES string of the molecule is CC(C)CCCn1cc(S(=O)(=O)Cl)c2c(F)cccc21. The maximum Gasteiger partial charge on any atom is 0.263 e. The molecule has 2 rings (SSSR count). The van der Waals surface area contributed by atoms with Crippen molar-refractivity contribution in [1.82, 2.24) is 4.57 Å². The first-order chi connectivity index (χ1) is 9.30. The van der Waals surface area contributed by atoms with Crippen molar-refractivity contribution in [3.05, 3.63) is 30.2 Å². The number of benzene rings is 1. The highest BCUT2D eigenvalue weighted by Gasteiger charge is 2.21. The van der Waals surface area contributed by atoms with Crippen LogP contribution in [0.25, 0.3) is 10.9 Å². The molecule has 0 saturated carbocycles. The van der Waals surface area contributed by atoms with Crippen LogP contribution >= 0.6 is 10.7 Å². The van der Waals surface area contributed by atoms with Crippen LogP contribution in [-0.4, -0.2) is 13.0 Å². The van der Waals surface area contributed by atoms with Crippen LogP contribution < -0.4 is 0 Å². The molecule has 1 aromatic heterocycles. The Balaban J connectivity index is 2.49. The third kappa shape index (κ3) is 3.15. The number of nitrogens with zero attached hydrogens (tertiary/aromatic N) is 1. The molecule has 1 heterocycles. The van der Waals surface area contributed by atoms with E-state index in [1.54, 1.807) is 16.7 Å². The Labute approximate surface area is 122 Å². The predicted molar refractivity (Wildman–Crippen MR) is 79.0 cm³/mol. The molecule has 3 nitrogen and oxygen atoms in total. The molecule has 0 fully saturated rings. The summed E-state index contributed by atoms with van der Waals surface area (Å²) in [7, 11) is 1.44. The van der Waals surface area contributed by atoms with Gasteiger partial charge >= 0.3 is 0 Å². The normalized spacial score (nSPS) is 12.4. The van der Waals surface area contributed by atoms with Crippen molar-refractivity contribution in [3.8, 4) is 0 Å². The number of rotatable bonds is 5. The Morgan fingerprint density at radius 2 is 2.05 bits per heavy atom. The highest BCUT2D eigenvalue weighted by Crippen LogP contribution is 2.30. The maximum atomic E-state index is 13.9. The van der Waals surface area contributed by atoms with Crippen molar-refractivity contribution in [2.24, 2.45) is 5.92 Å². The average Bonchev–Trinajstić information content (AvgIpc) is 2.69. The second kappa shape index (κ2) is 5.74. The van der Waals surface area contributed by atoms with Crippen molar-refractivity contribution in [2.75, 3.05) is 0 Å². The molecule has 110 valence electrons. The molecule has 1 aromatic carbocycles. The number of aryl methyl sites for hydroxylation is 1. The van der Waals surface area contributed by atoms with Gasteiger partial charge in [-0.15, -0.1) is 0 Å². The van der Waals surface area contributed by atoms with Crippen molar-refractivity contribution in [1.29, 1.82) is 0 Å². The van der Waals surface area contributed by atoms with E-state index in [4.69, 9.17) is 10.7 Å². The first-order valence-electron chi connectivity index (χ1n) is 6.52. The Bertz CT molecular complexity index is 722. The van der Waals surface area contributed by atoms with E-state index in [1.807, 2.05) is 0 Å². The first kappa shape index (κ1) is 15.3. The third-order valence-electron chi connectivity index (χ3n) is 3.26. The van der Waals surface area contributed by atoms with Gasteiger partial charge in [-0.2, -0.15) is 0 Å². The largest absolute Gasteiger partial charge is 0.346 e. The summed E-state index contributed by atoms with van der Waals surface area (Å²) in [5.74, 6) is 0.00845. The molecule has 20 heavy (non-hydrogen) atoms. The molecule has 0 atom stereocenters. The van der Waals surface area contributed by atoms with Gasteiger partial charge in [0, 0.05) is 23.4 Å². The van der Waals surface area contributed by atoms with Crippen LogP contribution in [0.4, 0.5) is 4.39 Å². The standard InChI is InChI=1S/C14H17ClFNO2S/c1-10(2)5-4-8-17-9-13(20(15,18)19)14-11(16)6-3-7-12(14)17/h3,6-7,9-10H,4-5,8H2,1-2H3. The van der Waals surface area contributed by atoms with Gasteiger partial charge in [-0.1, -0.05) is 19.9 Å². The fourth-order valence-electron chi connectivity index (χ4n) is 2.31. The van der Waals surface area contributed by atoms with E-state index in [2.05, 4.69) is 13.8 Å². The number of hydrogen-bond acceptors (Lipinski definition) is 2. The Morgan fingerprint density at radius 1 is 1.35 bits per heavy atom. The molecule has 0 amide bonds. The fraction of sp³-hybridized carbons (Fsp3) is 0.429. The highest BCUT2D eigenvalue weighted by molar-refractivity contribution is 8.14. The third-order valence-corrected chi connectivity index (χ3v) is 4.60. The van der Waals surface area contributed by atoms with E-state index in [9.17, 15) is 12.8 Å². The molecule has 0 bridgehead atoms. The van der Waals surface area contributed by atoms with Gasteiger partial charge in [-0.3, -0.25) is 0 Å². The zero-order valence-corrected chi connectivity index (χ0v) is 13.0. The molecular weight excluding hydrogens is 301 g/mol. The van der Waals surface area contributed by atoms with Crippen molar-refractivity contribution in [2.45, 2.75) is 38.1 Å². The van der Waals surface area contributed by atoms with E-state index >= 15 is 0 Å². The van der Waals surface area contributed by atoms with Gasteiger partial charge in [-0.25, -0.2) is 12.8 Å².